The number of halogens is 3. The maximum absolute atomic E-state index is 13.3. The summed E-state index contributed by atoms with van der Waals surface area (Å²) in [5.41, 5.74) is 5.61. The molecule has 2 aromatic heterocycles. The summed E-state index contributed by atoms with van der Waals surface area (Å²) in [5, 5.41) is 8.29. The third kappa shape index (κ3) is 5.97. The van der Waals surface area contributed by atoms with E-state index in [1.165, 1.54) is 42.9 Å². The van der Waals surface area contributed by atoms with Gasteiger partial charge in [-0.05, 0) is 36.8 Å². The number of nitrogen functional groups attached to an aromatic ring is 1. The number of rotatable bonds is 7. The van der Waals surface area contributed by atoms with Gasteiger partial charge in [-0.3, -0.25) is 19.6 Å². The van der Waals surface area contributed by atoms with E-state index in [4.69, 9.17) is 10.5 Å². The summed E-state index contributed by atoms with van der Waals surface area (Å²) in [4.78, 5) is 34.1. The Morgan fingerprint density at radius 3 is 2.62 bits per heavy atom. The third-order valence-electron chi connectivity index (χ3n) is 5.95. The van der Waals surface area contributed by atoms with Crippen LogP contribution in [-0.2, 0) is 22.3 Å². The fraction of sp³-hybridized carbons (Fsp3) is 0.280. The van der Waals surface area contributed by atoms with Crippen molar-refractivity contribution in [2.75, 3.05) is 24.3 Å². The van der Waals surface area contributed by atoms with E-state index in [9.17, 15) is 22.8 Å². The van der Waals surface area contributed by atoms with Crippen LogP contribution in [0.4, 0.5) is 30.2 Å². The van der Waals surface area contributed by atoms with E-state index in [-0.39, 0.29) is 30.8 Å². The van der Waals surface area contributed by atoms with Crippen LogP contribution in [0.15, 0.2) is 55.0 Å². The van der Waals surface area contributed by atoms with Crippen molar-refractivity contribution >= 4 is 28.9 Å². The van der Waals surface area contributed by atoms with E-state index < -0.39 is 29.1 Å². The number of hydrogen-bond acceptors (Lipinski definition) is 7. The molecule has 37 heavy (non-hydrogen) atoms. The molecule has 0 radical (unpaired) electrons. The number of para-hydroxylation sites is 1. The quantitative estimate of drug-likeness (QED) is 0.380. The van der Waals surface area contributed by atoms with Gasteiger partial charge < -0.3 is 26.4 Å². The van der Waals surface area contributed by atoms with Gasteiger partial charge in [0.15, 0.2) is 0 Å². The fourth-order valence-corrected chi connectivity index (χ4v) is 3.96. The second-order valence-electron chi connectivity index (χ2n) is 8.68. The number of nitrogens with two attached hydrogens (primary N) is 1. The van der Waals surface area contributed by atoms with Gasteiger partial charge in [0.2, 0.25) is 5.91 Å². The molecule has 5 N–H and O–H groups in total. The first-order valence-corrected chi connectivity index (χ1v) is 11.4. The molecule has 1 aliphatic heterocycles. The predicted molar refractivity (Wildman–Crippen MR) is 130 cm³/mol. The van der Waals surface area contributed by atoms with E-state index in [2.05, 4.69) is 25.9 Å². The monoisotopic (exact) mass is 514 g/mol. The largest absolute Gasteiger partial charge is 0.418 e. The maximum Gasteiger partial charge on any atom is 0.418 e. The molecule has 1 saturated heterocycles. The zero-order valence-electron chi connectivity index (χ0n) is 19.9. The Morgan fingerprint density at radius 1 is 1.16 bits per heavy atom. The second kappa shape index (κ2) is 10.4. The highest BCUT2D eigenvalue weighted by Gasteiger charge is 2.44. The lowest BCUT2D eigenvalue weighted by Gasteiger charge is -2.27. The number of carbonyl (C=O) groups is 2. The van der Waals surface area contributed by atoms with Crippen molar-refractivity contribution in [3.8, 4) is 0 Å². The highest BCUT2D eigenvalue weighted by Crippen LogP contribution is 2.36. The van der Waals surface area contributed by atoms with Crippen molar-refractivity contribution in [2.45, 2.75) is 31.6 Å². The molecule has 0 unspecified atom stereocenters. The highest BCUT2D eigenvalue weighted by molar-refractivity contribution is 5.99. The molecule has 194 valence electrons. The Bertz CT molecular complexity index is 1310. The molecule has 1 aliphatic rings. The van der Waals surface area contributed by atoms with Gasteiger partial charge in [0.05, 0.1) is 53.2 Å². The molecule has 2 amide bonds. The lowest BCUT2D eigenvalue weighted by molar-refractivity contribution is -0.137. The number of alkyl halides is 3. The van der Waals surface area contributed by atoms with Crippen molar-refractivity contribution in [3.05, 3.63) is 77.4 Å². The number of nitrogens with zero attached hydrogens (tertiary/aromatic N) is 2. The normalized spacial score (nSPS) is 17.3. The number of ether oxygens (including phenoxy) is 1. The van der Waals surface area contributed by atoms with Gasteiger partial charge in [0.25, 0.3) is 5.91 Å². The molecule has 3 aromatic rings. The number of hydrogen-bond donors (Lipinski definition) is 4. The summed E-state index contributed by atoms with van der Waals surface area (Å²) in [6.45, 7) is 2.06. The van der Waals surface area contributed by atoms with Gasteiger partial charge in [-0.1, -0.05) is 12.1 Å². The third-order valence-corrected chi connectivity index (χ3v) is 5.95. The first kappa shape index (κ1) is 25.9. The summed E-state index contributed by atoms with van der Waals surface area (Å²) >= 11 is 0. The molecule has 0 spiro atoms. The fourth-order valence-electron chi connectivity index (χ4n) is 3.96. The average molecular weight is 515 g/mol. The van der Waals surface area contributed by atoms with Gasteiger partial charge in [-0.15, -0.1) is 0 Å². The SMILES string of the molecule is Cc1cc(Nc2ccccc2C(F)(F)F)cnc1CNC(=O)[C@]1(NC(=O)c2cncc(N)c2)CCOC1. The number of nitrogens with one attached hydrogen (secondary N) is 3. The van der Waals surface area contributed by atoms with Crippen LogP contribution < -0.4 is 21.7 Å². The smallest absolute Gasteiger partial charge is 0.397 e. The van der Waals surface area contributed by atoms with Crippen LogP contribution in [0.2, 0.25) is 0 Å². The molecule has 1 fully saturated rings. The number of pyridine rings is 2. The number of benzene rings is 1. The Hall–Kier alpha value is -4.19. The minimum Gasteiger partial charge on any atom is -0.397 e. The summed E-state index contributed by atoms with van der Waals surface area (Å²) in [7, 11) is 0. The van der Waals surface area contributed by atoms with E-state index in [1.807, 2.05) is 0 Å². The zero-order valence-corrected chi connectivity index (χ0v) is 19.9. The van der Waals surface area contributed by atoms with Crippen LogP contribution in [-0.4, -0.2) is 40.5 Å². The van der Waals surface area contributed by atoms with Gasteiger partial charge in [0.1, 0.15) is 5.54 Å². The standard InChI is InChI=1S/C25H25F3N6O3/c1-15-8-18(33-20-5-3-2-4-19(20)25(26,27)28)12-31-21(15)13-32-23(36)24(6-7-37-14-24)34-22(35)16-9-17(29)11-30-10-16/h2-5,8-12,33H,6-7,13-14,29H2,1H3,(H,32,36)(H,34,35)/t24-/m0/s1. The molecule has 3 heterocycles. The summed E-state index contributed by atoms with van der Waals surface area (Å²) < 4.78 is 45.3. The Kier molecular flexibility index (Phi) is 7.30. The topological polar surface area (TPSA) is 131 Å². The zero-order chi connectivity index (χ0) is 26.6. The molecule has 12 heteroatoms. The highest BCUT2D eigenvalue weighted by atomic mass is 19.4. The molecule has 1 atom stereocenters. The van der Waals surface area contributed by atoms with Crippen molar-refractivity contribution < 1.29 is 27.5 Å². The van der Waals surface area contributed by atoms with Crippen molar-refractivity contribution in [3.63, 3.8) is 0 Å². The number of aryl methyl sites for hydroxylation is 1. The Balaban J connectivity index is 1.43. The number of aromatic nitrogens is 2. The van der Waals surface area contributed by atoms with Gasteiger partial charge in [-0.2, -0.15) is 13.2 Å². The second-order valence-corrected chi connectivity index (χ2v) is 8.68. The van der Waals surface area contributed by atoms with Gasteiger partial charge >= 0.3 is 6.18 Å². The average Bonchev–Trinajstić information content (AvgIpc) is 3.33. The molecule has 1 aromatic carbocycles. The molecule has 0 bridgehead atoms. The van der Waals surface area contributed by atoms with Gasteiger partial charge in [0, 0.05) is 25.4 Å². The van der Waals surface area contributed by atoms with E-state index >= 15 is 0 Å². The Labute approximate surface area is 210 Å². The number of carbonyl (C=O) groups excluding carboxylic acids is 2. The van der Waals surface area contributed by atoms with E-state index in [0.717, 1.165) is 6.07 Å². The maximum atomic E-state index is 13.3. The summed E-state index contributed by atoms with van der Waals surface area (Å²) in [6.07, 6.45) is -0.0830. The molecular weight excluding hydrogens is 489 g/mol. The lowest BCUT2D eigenvalue weighted by Crippen LogP contribution is -2.59. The van der Waals surface area contributed by atoms with Crippen molar-refractivity contribution in [2.24, 2.45) is 0 Å². The van der Waals surface area contributed by atoms with Crippen LogP contribution in [0.25, 0.3) is 0 Å². The number of anilines is 3. The summed E-state index contributed by atoms with van der Waals surface area (Å²) in [5.74, 6) is -0.956. The Morgan fingerprint density at radius 2 is 1.95 bits per heavy atom. The van der Waals surface area contributed by atoms with Crippen LogP contribution in [0.3, 0.4) is 0 Å². The van der Waals surface area contributed by atoms with Gasteiger partial charge in [-0.25, -0.2) is 0 Å². The van der Waals surface area contributed by atoms with Crippen LogP contribution in [0.5, 0.6) is 0 Å². The first-order valence-electron chi connectivity index (χ1n) is 11.4. The van der Waals surface area contributed by atoms with Crippen molar-refractivity contribution in [1.29, 1.82) is 0 Å². The minimum atomic E-state index is -4.50. The number of amides is 2. The molecule has 4 rings (SSSR count). The first-order chi connectivity index (χ1) is 17.6. The molecule has 9 nitrogen and oxygen atoms in total. The molecular formula is C25H25F3N6O3. The van der Waals surface area contributed by atoms with Crippen LogP contribution in [0, 0.1) is 6.92 Å². The predicted octanol–water partition coefficient (Wildman–Crippen LogP) is 3.33. The molecule has 0 aliphatic carbocycles. The van der Waals surface area contributed by atoms with Crippen molar-refractivity contribution in [1.82, 2.24) is 20.6 Å². The lowest BCUT2D eigenvalue weighted by atomic mass is 9.96. The van der Waals surface area contributed by atoms with E-state index in [0.29, 0.717) is 29.2 Å². The minimum absolute atomic E-state index is 0.00575. The summed E-state index contributed by atoms with van der Waals surface area (Å²) in [6, 6.07) is 8.26. The van der Waals surface area contributed by atoms with Crippen LogP contribution >= 0.6 is 0 Å². The molecule has 0 saturated carbocycles. The van der Waals surface area contributed by atoms with Crippen LogP contribution in [0.1, 0.15) is 33.6 Å². The van der Waals surface area contributed by atoms with E-state index in [1.54, 1.807) is 13.0 Å².